The van der Waals surface area contributed by atoms with Crippen LogP contribution in [0, 0.1) is 24.4 Å². The number of benzene rings is 2. The Balaban J connectivity index is 1.63. The van der Waals surface area contributed by atoms with Gasteiger partial charge in [-0.05, 0) is 48.9 Å². The van der Waals surface area contributed by atoms with Gasteiger partial charge in [0.15, 0.2) is 23.0 Å². The van der Waals surface area contributed by atoms with Gasteiger partial charge in [0.05, 0.1) is 16.8 Å². The molecule has 2 aromatic heterocycles. The first-order valence-electron chi connectivity index (χ1n) is 10.9. The number of hydrogen-bond acceptors (Lipinski definition) is 4. The summed E-state index contributed by atoms with van der Waals surface area (Å²) in [6.45, 7) is 1.10. The average Bonchev–Trinajstić information content (AvgIpc) is 3.19. The van der Waals surface area contributed by atoms with Gasteiger partial charge in [0.1, 0.15) is 18.1 Å². The fourth-order valence-electron chi connectivity index (χ4n) is 3.76. The number of imidazole rings is 1. The molecule has 4 aromatic rings. The van der Waals surface area contributed by atoms with Gasteiger partial charge >= 0.3 is 6.09 Å². The fourth-order valence-corrected chi connectivity index (χ4v) is 3.98. The highest BCUT2D eigenvalue weighted by molar-refractivity contribution is 6.31. The number of rotatable bonds is 8. The van der Waals surface area contributed by atoms with E-state index in [9.17, 15) is 22.8 Å². The van der Waals surface area contributed by atoms with Crippen molar-refractivity contribution < 1.29 is 32.6 Å². The molecule has 0 saturated carbocycles. The molecule has 12 heteroatoms. The quantitative estimate of drug-likeness (QED) is 0.295. The Morgan fingerprint density at radius 1 is 1.11 bits per heavy atom. The zero-order chi connectivity index (χ0) is 26.7. The molecule has 4 rings (SSSR count). The van der Waals surface area contributed by atoms with E-state index in [0.29, 0.717) is 5.69 Å². The number of aryl methyl sites for hydroxylation is 1. The van der Waals surface area contributed by atoms with E-state index in [-0.39, 0.29) is 46.4 Å². The second-order valence-electron chi connectivity index (χ2n) is 7.99. The number of nitrogens with one attached hydrogen (secondary N) is 2. The molecule has 0 bridgehead atoms. The third-order valence-electron chi connectivity index (χ3n) is 5.55. The third kappa shape index (κ3) is 5.61. The van der Waals surface area contributed by atoms with Gasteiger partial charge in [-0.2, -0.15) is 0 Å². The molecular formula is C25H20ClF3N4O4. The second kappa shape index (κ2) is 10.8. The van der Waals surface area contributed by atoms with Crippen molar-refractivity contribution in [1.82, 2.24) is 20.0 Å². The number of nitrogens with zero attached hydrogens (tertiary/aromatic N) is 2. The van der Waals surface area contributed by atoms with Gasteiger partial charge in [-0.3, -0.25) is 9.20 Å². The maximum absolute atomic E-state index is 14.1. The molecule has 192 valence electrons. The number of halogens is 4. The summed E-state index contributed by atoms with van der Waals surface area (Å²) in [7, 11) is 0. The highest BCUT2D eigenvalue weighted by atomic mass is 35.5. The first kappa shape index (κ1) is 25.8. The summed E-state index contributed by atoms with van der Waals surface area (Å²) in [5.74, 6) is -3.15. The van der Waals surface area contributed by atoms with Crippen LogP contribution >= 0.6 is 11.6 Å². The zero-order valence-corrected chi connectivity index (χ0v) is 20.0. The van der Waals surface area contributed by atoms with Crippen LogP contribution in [0.3, 0.4) is 0 Å². The fraction of sp³-hybridized carbons (Fsp3) is 0.160. The van der Waals surface area contributed by atoms with Crippen LogP contribution in [-0.2, 0) is 6.61 Å². The Kier molecular flexibility index (Phi) is 7.53. The highest BCUT2D eigenvalue weighted by Crippen LogP contribution is 2.26. The van der Waals surface area contributed by atoms with Gasteiger partial charge in [-0.25, -0.2) is 22.9 Å². The highest BCUT2D eigenvalue weighted by Gasteiger charge is 2.24. The van der Waals surface area contributed by atoms with Crippen LogP contribution in [0.5, 0.6) is 5.75 Å². The number of aromatic nitrogens is 2. The van der Waals surface area contributed by atoms with Crippen molar-refractivity contribution in [2.75, 3.05) is 6.54 Å². The molecule has 3 N–H and O–H groups in total. The van der Waals surface area contributed by atoms with E-state index < -0.39 is 35.5 Å². The lowest BCUT2D eigenvalue weighted by atomic mass is 10.1. The number of ether oxygens (including phenoxy) is 1. The predicted octanol–water partition coefficient (Wildman–Crippen LogP) is 5.03. The van der Waals surface area contributed by atoms with Crippen molar-refractivity contribution >= 4 is 29.2 Å². The Morgan fingerprint density at radius 3 is 2.59 bits per heavy atom. The first-order chi connectivity index (χ1) is 17.7. The largest absolute Gasteiger partial charge is 0.485 e. The lowest BCUT2D eigenvalue weighted by Crippen LogP contribution is -2.38. The van der Waals surface area contributed by atoms with Gasteiger partial charge < -0.3 is 20.5 Å². The molecule has 8 nitrogen and oxygen atoms in total. The molecule has 0 aliphatic carbocycles. The van der Waals surface area contributed by atoms with Gasteiger partial charge in [-0.1, -0.05) is 23.7 Å². The number of amides is 2. The molecule has 0 spiro atoms. The summed E-state index contributed by atoms with van der Waals surface area (Å²) in [6.07, 6.45) is 0.208. The Labute approximate surface area is 213 Å². The van der Waals surface area contributed by atoms with Crippen LogP contribution in [0.2, 0.25) is 5.02 Å². The molecule has 2 aromatic carbocycles. The molecular weight excluding hydrogens is 513 g/mol. The molecule has 0 aliphatic heterocycles. The molecule has 0 saturated heterocycles. The minimum Gasteiger partial charge on any atom is -0.485 e. The van der Waals surface area contributed by atoms with Crippen LogP contribution < -0.4 is 15.4 Å². The molecule has 2 amide bonds. The van der Waals surface area contributed by atoms with Crippen molar-refractivity contribution in [2.24, 2.45) is 0 Å². The molecule has 0 aliphatic rings. The number of carbonyl (C=O) groups is 2. The van der Waals surface area contributed by atoms with Crippen molar-refractivity contribution in [3.63, 3.8) is 0 Å². The predicted molar refractivity (Wildman–Crippen MR) is 128 cm³/mol. The average molecular weight is 533 g/mol. The van der Waals surface area contributed by atoms with Crippen molar-refractivity contribution in [1.29, 1.82) is 0 Å². The van der Waals surface area contributed by atoms with Crippen LogP contribution in [0.15, 0.2) is 54.7 Å². The zero-order valence-electron chi connectivity index (χ0n) is 19.3. The Morgan fingerprint density at radius 2 is 1.89 bits per heavy atom. The van der Waals surface area contributed by atoms with E-state index in [0.717, 1.165) is 12.1 Å². The third-order valence-corrected chi connectivity index (χ3v) is 5.90. The van der Waals surface area contributed by atoms with E-state index in [4.69, 9.17) is 21.4 Å². The second-order valence-corrected chi connectivity index (χ2v) is 8.39. The van der Waals surface area contributed by atoms with Gasteiger partial charge in [0.25, 0.3) is 5.91 Å². The number of pyridine rings is 1. The monoisotopic (exact) mass is 532 g/mol. The van der Waals surface area contributed by atoms with Crippen molar-refractivity contribution in [3.05, 3.63) is 99.7 Å². The normalized spacial score (nSPS) is 11.8. The van der Waals surface area contributed by atoms with Gasteiger partial charge in [0, 0.05) is 18.3 Å². The molecule has 1 unspecified atom stereocenters. The van der Waals surface area contributed by atoms with Crippen LogP contribution in [0.1, 0.15) is 33.4 Å². The Hall–Kier alpha value is -4.25. The minimum atomic E-state index is -1.36. The van der Waals surface area contributed by atoms with E-state index in [1.165, 1.54) is 28.7 Å². The standard InChI is InChI=1S/C25H20ClF3N4O4/c1-13-22(24(34)32-20(11-30-25(35)36)14-7-8-18(28)19(29)10-14)33-9-3-6-21(23(33)31-13)37-12-15-16(26)4-2-5-17(15)27/h2-10,20,30H,11-12H2,1H3,(H,32,34)(H,35,36). The number of fused-ring (bicyclic) bond motifs is 1. The summed E-state index contributed by atoms with van der Waals surface area (Å²) >= 11 is 6.07. The molecule has 37 heavy (non-hydrogen) atoms. The smallest absolute Gasteiger partial charge is 0.404 e. The lowest BCUT2D eigenvalue weighted by Gasteiger charge is -2.19. The number of carbonyl (C=O) groups excluding carboxylic acids is 1. The van der Waals surface area contributed by atoms with E-state index in [2.05, 4.69) is 15.6 Å². The minimum absolute atomic E-state index is 0.104. The van der Waals surface area contributed by atoms with E-state index >= 15 is 0 Å². The van der Waals surface area contributed by atoms with Crippen molar-refractivity contribution in [2.45, 2.75) is 19.6 Å². The summed E-state index contributed by atoms with van der Waals surface area (Å²) in [5, 5.41) is 14.0. The number of hydrogen-bond donors (Lipinski definition) is 3. The van der Waals surface area contributed by atoms with Crippen molar-refractivity contribution in [3.8, 4) is 5.75 Å². The summed E-state index contributed by atoms with van der Waals surface area (Å²) in [5.41, 5.74) is 0.997. The summed E-state index contributed by atoms with van der Waals surface area (Å²) < 4.78 is 48.6. The lowest BCUT2D eigenvalue weighted by molar-refractivity contribution is 0.0928. The van der Waals surface area contributed by atoms with Crippen LogP contribution in [-0.4, -0.2) is 33.0 Å². The molecule has 1 atom stereocenters. The van der Waals surface area contributed by atoms with E-state index in [1.54, 1.807) is 25.3 Å². The first-order valence-corrected chi connectivity index (χ1v) is 11.3. The van der Waals surface area contributed by atoms with Gasteiger partial charge in [-0.15, -0.1) is 0 Å². The maximum atomic E-state index is 14.1. The van der Waals surface area contributed by atoms with E-state index in [1.807, 2.05) is 0 Å². The summed E-state index contributed by atoms with van der Waals surface area (Å²) in [4.78, 5) is 28.7. The van der Waals surface area contributed by atoms with Crippen LogP contribution in [0.4, 0.5) is 18.0 Å². The molecule has 0 fully saturated rings. The summed E-state index contributed by atoms with van der Waals surface area (Å²) in [6, 6.07) is 9.45. The Bertz CT molecular complexity index is 1470. The SMILES string of the molecule is Cc1nc2c(OCc3c(F)cccc3Cl)cccn2c1C(=O)NC(CNC(=O)O)c1ccc(F)c(F)c1. The number of carboxylic acid groups (broad SMARTS) is 1. The van der Waals surface area contributed by atoms with Gasteiger partial charge in [0.2, 0.25) is 0 Å². The topological polar surface area (TPSA) is 105 Å². The van der Waals surface area contributed by atoms with Crippen LogP contribution in [0.25, 0.3) is 5.65 Å². The maximum Gasteiger partial charge on any atom is 0.404 e. The molecule has 0 radical (unpaired) electrons. The molecule has 2 heterocycles.